The van der Waals surface area contributed by atoms with Gasteiger partial charge in [0.05, 0.1) is 5.69 Å². The van der Waals surface area contributed by atoms with Gasteiger partial charge in [0.1, 0.15) is 12.4 Å². The van der Waals surface area contributed by atoms with Crippen molar-refractivity contribution in [3.63, 3.8) is 0 Å². The average Bonchev–Trinajstić information content (AvgIpc) is 2.97. The van der Waals surface area contributed by atoms with Crippen molar-refractivity contribution in [2.45, 2.75) is 16.2 Å². The number of aliphatic imine (C=N–C) groups is 1. The molecular formula is C24H27N5O2S. The molecule has 0 aromatic heterocycles. The Bertz CT molecular complexity index is 1060. The first-order valence-corrected chi connectivity index (χ1v) is 11.9. The number of piperazine rings is 1. The molecule has 8 heteroatoms. The molecule has 3 heterocycles. The van der Waals surface area contributed by atoms with E-state index in [1.165, 1.54) is 25.2 Å². The molecule has 2 saturated heterocycles. The molecule has 166 valence electrons. The van der Waals surface area contributed by atoms with E-state index in [1.54, 1.807) is 18.8 Å². The Kier molecular flexibility index (Phi) is 5.89. The van der Waals surface area contributed by atoms with Gasteiger partial charge >= 0.3 is 6.03 Å². The van der Waals surface area contributed by atoms with E-state index in [2.05, 4.69) is 52.3 Å². The number of hydrogen-bond donors (Lipinski definition) is 0. The summed E-state index contributed by atoms with van der Waals surface area (Å²) in [5.41, 5.74) is 2.22. The zero-order chi connectivity index (χ0) is 22.1. The maximum Gasteiger partial charge on any atom is 0.326 e. The van der Waals surface area contributed by atoms with Crippen LogP contribution in [0.25, 0.3) is 0 Å². The first kappa shape index (κ1) is 21.0. The second-order valence-electron chi connectivity index (χ2n) is 8.37. The minimum Gasteiger partial charge on any atom is -0.354 e. The van der Waals surface area contributed by atoms with E-state index in [4.69, 9.17) is 4.99 Å². The molecule has 0 unspecified atom stereocenters. The van der Waals surface area contributed by atoms with Crippen LogP contribution in [0, 0.1) is 0 Å². The molecule has 0 N–H and O–H groups in total. The third kappa shape index (κ3) is 4.12. The van der Waals surface area contributed by atoms with Crippen LogP contribution >= 0.6 is 11.8 Å². The summed E-state index contributed by atoms with van der Waals surface area (Å²) in [6.45, 7) is 5.28. The summed E-state index contributed by atoms with van der Waals surface area (Å²) in [6, 6.07) is 16.7. The smallest absolute Gasteiger partial charge is 0.326 e. The lowest BCUT2D eigenvalue weighted by atomic mass is 10.1. The summed E-state index contributed by atoms with van der Waals surface area (Å²) in [6.07, 6.45) is 0.805. The molecule has 0 aliphatic carbocycles. The molecule has 2 aromatic carbocycles. The number of nitrogens with zero attached hydrogens (tertiary/aromatic N) is 5. The predicted molar refractivity (Wildman–Crippen MR) is 126 cm³/mol. The van der Waals surface area contributed by atoms with E-state index in [0.717, 1.165) is 50.7 Å². The molecular weight excluding hydrogens is 422 g/mol. The number of amides is 3. The zero-order valence-corrected chi connectivity index (χ0v) is 19.1. The number of imide groups is 1. The van der Waals surface area contributed by atoms with E-state index < -0.39 is 0 Å². The molecule has 2 fully saturated rings. The third-order valence-corrected chi connectivity index (χ3v) is 7.34. The Morgan fingerprint density at radius 2 is 1.62 bits per heavy atom. The fourth-order valence-corrected chi connectivity index (χ4v) is 5.45. The van der Waals surface area contributed by atoms with Crippen LogP contribution in [0.2, 0.25) is 0 Å². The summed E-state index contributed by atoms with van der Waals surface area (Å²) in [4.78, 5) is 39.1. The number of para-hydroxylation sites is 1. The second kappa shape index (κ2) is 8.96. The van der Waals surface area contributed by atoms with Crippen molar-refractivity contribution in [2.75, 3.05) is 52.9 Å². The van der Waals surface area contributed by atoms with E-state index in [-0.39, 0.29) is 18.5 Å². The SMILES string of the molecule is CN1CC(=O)N(CCCN2CCN(C3=Nc4ccccc4Sc4ccccc43)CC2)C1=O. The van der Waals surface area contributed by atoms with Gasteiger partial charge < -0.3 is 9.80 Å². The third-order valence-electron chi connectivity index (χ3n) is 6.20. The van der Waals surface area contributed by atoms with Gasteiger partial charge in [-0.2, -0.15) is 0 Å². The van der Waals surface area contributed by atoms with Crippen molar-refractivity contribution < 1.29 is 9.59 Å². The van der Waals surface area contributed by atoms with E-state index >= 15 is 0 Å². The number of hydrogen-bond acceptors (Lipinski definition) is 6. The molecule has 2 aromatic rings. The highest BCUT2D eigenvalue weighted by atomic mass is 32.2. The summed E-state index contributed by atoms with van der Waals surface area (Å²) in [5, 5.41) is 0. The summed E-state index contributed by atoms with van der Waals surface area (Å²) < 4.78 is 0. The number of rotatable bonds is 4. The topological polar surface area (TPSA) is 59.5 Å². The molecule has 32 heavy (non-hydrogen) atoms. The monoisotopic (exact) mass is 449 g/mol. The van der Waals surface area contributed by atoms with Crippen molar-refractivity contribution in [1.29, 1.82) is 0 Å². The van der Waals surface area contributed by atoms with Gasteiger partial charge in [-0.3, -0.25) is 14.6 Å². The lowest BCUT2D eigenvalue weighted by molar-refractivity contribution is -0.125. The Hall–Kier alpha value is -2.84. The highest BCUT2D eigenvalue weighted by molar-refractivity contribution is 7.99. The molecule has 0 bridgehead atoms. The zero-order valence-electron chi connectivity index (χ0n) is 18.2. The van der Waals surface area contributed by atoms with Crippen molar-refractivity contribution in [2.24, 2.45) is 4.99 Å². The van der Waals surface area contributed by atoms with Crippen molar-refractivity contribution in [3.05, 3.63) is 54.1 Å². The number of amidine groups is 1. The van der Waals surface area contributed by atoms with Crippen molar-refractivity contribution >= 4 is 35.2 Å². The van der Waals surface area contributed by atoms with E-state index in [0.29, 0.717) is 6.54 Å². The minimum atomic E-state index is -0.178. The van der Waals surface area contributed by atoms with Crippen LogP contribution < -0.4 is 0 Å². The van der Waals surface area contributed by atoms with Crippen LogP contribution in [0.15, 0.2) is 63.3 Å². The van der Waals surface area contributed by atoms with Crippen LogP contribution in [0.1, 0.15) is 12.0 Å². The van der Waals surface area contributed by atoms with Crippen molar-refractivity contribution in [1.82, 2.24) is 19.6 Å². The predicted octanol–water partition coefficient (Wildman–Crippen LogP) is 3.13. The highest BCUT2D eigenvalue weighted by Gasteiger charge is 2.33. The van der Waals surface area contributed by atoms with Crippen LogP contribution in [0.5, 0.6) is 0 Å². The number of benzene rings is 2. The standard InChI is InChI=1S/C24H27N5O2S/c1-26-17-22(30)29(24(26)31)12-6-11-27-13-15-28(16-14-27)23-18-7-2-4-9-20(18)32-21-10-5-3-8-19(21)25-23/h2-5,7-10H,6,11-17H2,1H3. The van der Waals surface area contributed by atoms with Gasteiger partial charge in [0.25, 0.3) is 0 Å². The lowest BCUT2D eigenvalue weighted by Crippen LogP contribution is -2.49. The Labute approximate surface area is 192 Å². The second-order valence-corrected chi connectivity index (χ2v) is 9.45. The number of urea groups is 1. The highest BCUT2D eigenvalue weighted by Crippen LogP contribution is 2.40. The van der Waals surface area contributed by atoms with Gasteiger partial charge in [0.15, 0.2) is 0 Å². The average molecular weight is 450 g/mol. The van der Waals surface area contributed by atoms with Crippen LogP contribution in [-0.2, 0) is 4.79 Å². The first-order valence-electron chi connectivity index (χ1n) is 11.1. The maximum atomic E-state index is 12.0. The molecule has 0 spiro atoms. The van der Waals surface area contributed by atoms with Crippen LogP contribution in [-0.4, -0.2) is 90.2 Å². The van der Waals surface area contributed by atoms with Crippen LogP contribution in [0.4, 0.5) is 10.5 Å². The van der Waals surface area contributed by atoms with Gasteiger partial charge in [0.2, 0.25) is 5.91 Å². The summed E-state index contributed by atoms with van der Waals surface area (Å²) in [7, 11) is 1.67. The summed E-state index contributed by atoms with van der Waals surface area (Å²) in [5.74, 6) is 0.958. The van der Waals surface area contributed by atoms with E-state index in [9.17, 15) is 9.59 Å². The molecule has 0 radical (unpaired) electrons. The van der Waals surface area contributed by atoms with Gasteiger partial charge in [0, 0.05) is 55.1 Å². The Balaban J connectivity index is 1.23. The fraction of sp³-hybridized carbons (Fsp3) is 0.375. The molecule has 7 nitrogen and oxygen atoms in total. The molecule has 3 amide bonds. The van der Waals surface area contributed by atoms with Gasteiger partial charge in [-0.05, 0) is 31.2 Å². The molecule has 5 rings (SSSR count). The molecule has 3 aliphatic rings. The fourth-order valence-electron chi connectivity index (χ4n) is 4.43. The first-order chi connectivity index (χ1) is 15.6. The molecule has 0 saturated carbocycles. The quantitative estimate of drug-likeness (QED) is 0.672. The maximum absolute atomic E-state index is 12.0. The minimum absolute atomic E-state index is 0.0921. The number of carbonyl (C=O) groups is 2. The van der Waals surface area contributed by atoms with Gasteiger partial charge in [-0.1, -0.05) is 42.1 Å². The number of carbonyl (C=O) groups excluding carboxylic acids is 2. The van der Waals surface area contributed by atoms with Gasteiger partial charge in [-0.15, -0.1) is 0 Å². The molecule has 3 aliphatic heterocycles. The summed E-state index contributed by atoms with van der Waals surface area (Å²) >= 11 is 1.78. The van der Waals surface area contributed by atoms with Crippen LogP contribution in [0.3, 0.4) is 0 Å². The Morgan fingerprint density at radius 3 is 2.38 bits per heavy atom. The van der Waals surface area contributed by atoms with E-state index in [1.807, 2.05) is 6.07 Å². The lowest BCUT2D eigenvalue weighted by Gasteiger charge is -2.36. The van der Waals surface area contributed by atoms with Crippen molar-refractivity contribution in [3.8, 4) is 0 Å². The Morgan fingerprint density at radius 1 is 0.906 bits per heavy atom. The van der Waals surface area contributed by atoms with Gasteiger partial charge in [-0.25, -0.2) is 9.79 Å². The largest absolute Gasteiger partial charge is 0.354 e. The normalized spacial score (nSPS) is 19.0. The number of likely N-dealkylation sites (N-methyl/N-ethyl adjacent to an activating group) is 1. The molecule has 0 atom stereocenters. The number of fused-ring (bicyclic) bond motifs is 2.